The number of aromatic nitrogens is 2. The van der Waals surface area contributed by atoms with Crippen LogP contribution in [0.5, 0.6) is 0 Å². The molecule has 3 N–H and O–H groups in total. The van der Waals surface area contributed by atoms with E-state index in [-0.39, 0.29) is 15.7 Å². The first-order valence-electron chi connectivity index (χ1n) is 10.6. The third-order valence-corrected chi connectivity index (χ3v) is 6.50. The normalized spacial score (nSPS) is 12.0. The lowest BCUT2D eigenvalue weighted by molar-refractivity contribution is -0.156. The van der Waals surface area contributed by atoms with Gasteiger partial charge < -0.3 is 11.1 Å². The summed E-state index contributed by atoms with van der Waals surface area (Å²) in [6.07, 6.45) is -4.65. The number of nitrogens with two attached hydrogens (primary N) is 1. The molecule has 1 amide bonds. The van der Waals surface area contributed by atoms with Crippen LogP contribution in [0.2, 0.25) is 0 Å². The topological polar surface area (TPSA) is 124 Å². The number of benzene rings is 1. The lowest BCUT2D eigenvalue weighted by atomic mass is 9.95. The minimum absolute atomic E-state index is 0.132. The molecule has 2 rings (SSSR count). The maximum Gasteiger partial charge on any atom is 0.446 e. The number of hydrogen-bond donors (Lipinski definition) is 2. The Morgan fingerprint density at radius 1 is 1.12 bits per heavy atom. The van der Waals surface area contributed by atoms with Gasteiger partial charge in [-0.2, -0.15) is 18.3 Å². The highest BCUT2D eigenvalue weighted by Crippen LogP contribution is 2.29. The number of carbonyl (C=O) groups excluding carboxylic acids is 2. The summed E-state index contributed by atoms with van der Waals surface area (Å²) in [4.78, 5) is 21.3. The van der Waals surface area contributed by atoms with Gasteiger partial charge in [0, 0.05) is 17.6 Å². The van der Waals surface area contributed by atoms with E-state index in [4.69, 9.17) is 10.5 Å². The van der Waals surface area contributed by atoms with Gasteiger partial charge in [-0.15, -0.1) is 0 Å². The molecular formula is C22H31F3N4O4S. The van der Waals surface area contributed by atoms with Gasteiger partial charge in [0.1, 0.15) is 4.90 Å². The van der Waals surface area contributed by atoms with Crippen molar-refractivity contribution in [2.45, 2.75) is 70.0 Å². The quantitative estimate of drug-likeness (QED) is 0.556. The lowest BCUT2D eigenvalue weighted by Crippen LogP contribution is -2.27. The number of carbonyl (C=O) groups is 2. The summed E-state index contributed by atoms with van der Waals surface area (Å²) >= 11 is 0. The van der Waals surface area contributed by atoms with Gasteiger partial charge in [0.15, 0.2) is 0 Å². The van der Waals surface area contributed by atoms with Crippen molar-refractivity contribution < 1.29 is 31.2 Å². The molecule has 34 heavy (non-hydrogen) atoms. The van der Waals surface area contributed by atoms with Gasteiger partial charge in [0.05, 0.1) is 22.8 Å². The number of halogens is 3. The van der Waals surface area contributed by atoms with E-state index in [1.165, 1.54) is 12.1 Å². The van der Waals surface area contributed by atoms with Crippen LogP contribution in [0.25, 0.3) is 0 Å². The number of aryl methyl sites for hydroxylation is 1. The number of rotatable bonds is 7. The standard InChI is InChI=1S/C20H30N4O3S.C2HF3O/c1-6-16-18(17(7-2)24(23-16)13-12-21)28(26,27)15-10-8-14(9-11-15)22-19(25)20(3,4)5;3-2(4,5)1-6/h8-11H,6-7,12-13,21H2,1-5H3,(H,22,25);1H. The first kappa shape index (κ1) is 29.3. The van der Waals surface area contributed by atoms with Crippen LogP contribution in [0, 0.1) is 5.41 Å². The third-order valence-electron chi connectivity index (χ3n) is 4.59. The summed E-state index contributed by atoms with van der Waals surface area (Å²) in [6, 6.07) is 6.26. The fourth-order valence-corrected chi connectivity index (χ4v) is 4.67. The van der Waals surface area contributed by atoms with Crippen LogP contribution in [-0.2, 0) is 38.8 Å². The zero-order chi connectivity index (χ0) is 26.3. The second kappa shape index (κ2) is 11.6. The Labute approximate surface area is 197 Å². The van der Waals surface area contributed by atoms with Crippen LogP contribution in [0.1, 0.15) is 46.0 Å². The zero-order valence-corrected chi connectivity index (χ0v) is 20.7. The molecule has 8 nitrogen and oxygen atoms in total. The largest absolute Gasteiger partial charge is 0.446 e. The van der Waals surface area contributed by atoms with Crippen molar-refractivity contribution >= 4 is 27.7 Å². The number of alkyl halides is 3. The number of nitrogens with zero attached hydrogens (tertiary/aromatic N) is 2. The Morgan fingerprint density at radius 3 is 2.03 bits per heavy atom. The molecule has 190 valence electrons. The summed E-state index contributed by atoms with van der Waals surface area (Å²) < 4.78 is 59.6. The van der Waals surface area contributed by atoms with Gasteiger partial charge in [-0.1, -0.05) is 34.6 Å². The average Bonchev–Trinajstić information content (AvgIpc) is 3.12. The van der Waals surface area contributed by atoms with E-state index in [0.29, 0.717) is 43.0 Å². The Morgan fingerprint density at radius 2 is 1.65 bits per heavy atom. The van der Waals surface area contributed by atoms with E-state index in [2.05, 4.69) is 10.4 Å². The number of aldehydes is 1. The summed E-state index contributed by atoms with van der Waals surface area (Å²) in [5.41, 5.74) is 6.90. The van der Waals surface area contributed by atoms with Crippen LogP contribution in [-0.4, -0.2) is 43.1 Å². The minimum Gasteiger partial charge on any atom is -0.329 e. The monoisotopic (exact) mass is 504 g/mol. The minimum atomic E-state index is -4.64. The van der Waals surface area contributed by atoms with Crippen molar-refractivity contribution in [1.82, 2.24) is 9.78 Å². The Bertz CT molecular complexity index is 1090. The predicted octanol–water partition coefficient (Wildman–Crippen LogP) is 3.53. The van der Waals surface area contributed by atoms with Crippen LogP contribution in [0.3, 0.4) is 0 Å². The van der Waals surface area contributed by atoms with E-state index in [1.54, 1.807) is 16.8 Å². The molecule has 0 saturated heterocycles. The molecule has 1 aromatic carbocycles. The molecular weight excluding hydrogens is 473 g/mol. The molecule has 0 aliphatic rings. The molecule has 0 spiro atoms. The highest BCUT2D eigenvalue weighted by Gasteiger charge is 2.29. The van der Waals surface area contributed by atoms with Crippen molar-refractivity contribution in [1.29, 1.82) is 0 Å². The van der Waals surface area contributed by atoms with E-state index >= 15 is 0 Å². The Balaban J connectivity index is 0.000000852. The average molecular weight is 505 g/mol. The number of amides is 1. The maximum atomic E-state index is 13.3. The molecule has 12 heteroatoms. The van der Waals surface area contributed by atoms with Gasteiger partial charge in [-0.3, -0.25) is 14.3 Å². The molecule has 0 aliphatic heterocycles. The van der Waals surface area contributed by atoms with Crippen molar-refractivity contribution in [3.8, 4) is 0 Å². The molecule has 1 heterocycles. The summed E-state index contributed by atoms with van der Waals surface area (Å²) in [5, 5.41) is 7.27. The number of anilines is 1. The van der Waals surface area contributed by atoms with Crippen LogP contribution < -0.4 is 11.1 Å². The van der Waals surface area contributed by atoms with Gasteiger partial charge in [0.2, 0.25) is 22.0 Å². The van der Waals surface area contributed by atoms with Crippen molar-refractivity contribution in [3.63, 3.8) is 0 Å². The maximum absolute atomic E-state index is 13.3. The molecule has 0 aliphatic carbocycles. The van der Waals surface area contributed by atoms with Crippen molar-refractivity contribution in [3.05, 3.63) is 35.7 Å². The molecule has 0 radical (unpaired) electrons. The summed E-state index contributed by atoms with van der Waals surface area (Å²) in [6.45, 7) is 10.1. The molecule has 0 fully saturated rings. The predicted molar refractivity (Wildman–Crippen MR) is 122 cm³/mol. The molecule has 0 bridgehead atoms. The molecule has 0 saturated carbocycles. The van der Waals surface area contributed by atoms with Gasteiger partial charge in [0.25, 0.3) is 0 Å². The van der Waals surface area contributed by atoms with Gasteiger partial charge >= 0.3 is 6.18 Å². The molecule has 2 aromatic rings. The Kier molecular flexibility index (Phi) is 10.0. The number of sulfone groups is 1. The van der Waals surface area contributed by atoms with Crippen molar-refractivity contribution in [2.75, 3.05) is 11.9 Å². The second-order valence-electron chi connectivity index (χ2n) is 8.33. The van der Waals surface area contributed by atoms with Crippen LogP contribution >= 0.6 is 0 Å². The van der Waals surface area contributed by atoms with E-state index < -0.39 is 27.7 Å². The van der Waals surface area contributed by atoms with Crippen LogP contribution in [0.4, 0.5) is 18.9 Å². The summed E-state index contributed by atoms with van der Waals surface area (Å²) in [5.74, 6) is -0.132. The van der Waals surface area contributed by atoms with E-state index in [0.717, 1.165) is 0 Å². The number of nitrogens with one attached hydrogen (secondary N) is 1. The molecule has 1 aromatic heterocycles. The highest BCUT2D eigenvalue weighted by atomic mass is 32.2. The van der Waals surface area contributed by atoms with Crippen molar-refractivity contribution in [2.24, 2.45) is 11.1 Å². The first-order chi connectivity index (χ1) is 15.6. The number of hydrogen-bond acceptors (Lipinski definition) is 6. The Hall–Kier alpha value is -2.73. The SMILES string of the molecule is CCc1nn(CCN)c(CC)c1S(=O)(=O)c1ccc(NC(=O)C(C)(C)C)cc1.O=CC(F)(F)F. The highest BCUT2D eigenvalue weighted by molar-refractivity contribution is 7.91. The first-order valence-corrected chi connectivity index (χ1v) is 12.1. The van der Waals surface area contributed by atoms with E-state index in [9.17, 15) is 26.4 Å². The fraction of sp³-hybridized carbons (Fsp3) is 0.500. The smallest absolute Gasteiger partial charge is 0.329 e. The second-order valence-corrected chi connectivity index (χ2v) is 10.2. The molecule has 0 atom stereocenters. The van der Waals surface area contributed by atoms with Gasteiger partial charge in [-0.05, 0) is 37.1 Å². The van der Waals surface area contributed by atoms with Gasteiger partial charge in [-0.25, -0.2) is 8.42 Å². The van der Waals surface area contributed by atoms with Crippen LogP contribution in [0.15, 0.2) is 34.1 Å². The zero-order valence-electron chi connectivity index (χ0n) is 19.9. The third kappa shape index (κ3) is 7.66. The lowest BCUT2D eigenvalue weighted by Gasteiger charge is -2.17. The fourth-order valence-electron chi connectivity index (χ4n) is 2.88. The molecule has 0 unspecified atom stereocenters. The van der Waals surface area contributed by atoms with E-state index in [1.807, 2.05) is 34.6 Å². The summed E-state index contributed by atoms with van der Waals surface area (Å²) in [7, 11) is -3.73.